The molecule has 4 nitrogen and oxygen atoms in total. The molecule has 2 aliphatic rings. The van der Waals surface area contributed by atoms with Gasteiger partial charge >= 0.3 is 0 Å². The number of nitrogens with one attached hydrogen (secondary N) is 2. The van der Waals surface area contributed by atoms with E-state index in [2.05, 4.69) is 17.6 Å². The first kappa shape index (κ1) is 13.8. The molecule has 3 atom stereocenters. The maximum Gasteiger partial charge on any atom is 0.220 e. The summed E-state index contributed by atoms with van der Waals surface area (Å²) in [7, 11) is 0. The Hall–Kier alpha value is -0.610. The van der Waals surface area contributed by atoms with E-state index >= 15 is 0 Å². The van der Waals surface area contributed by atoms with Crippen LogP contribution in [0, 0.1) is 11.8 Å². The molecule has 2 saturated heterocycles. The van der Waals surface area contributed by atoms with E-state index in [4.69, 9.17) is 4.74 Å². The van der Waals surface area contributed by atoms with Crippen LogP contribution in [-0.2, 0) is 9.53 Å². The molecule has 0 saturated carbocycles. The van der Waals surface area contributed by atoms with Crippen molar-refractivity contribution in [3.05, 3.63) is 0 Å². The summed E-state index contributed by atoms with van der Waals surface area (Å²) in [5, 5.41) is 6.55. The molecule has 0 aromatic heterocycles. The van der Waals surface area contributed by atoms with E-state index < -0.39 is 0 Å². The lowest BCUT2D eigenvalue weighted by Gasteiger charge is -2.30. The number of rotatable bonds is 5. The molecule has 104 valence electrons. The molecular formula is C14H26N2O2. The van der Waals surface area contributed by atoms with Gasteiger partial charge in [-0.1, -0.05) is 6.92 Å². The highest BCUT2D eigenvalue weighted by atomic mass is 16.5. The van der Waals surface area contributed by atoms with Gasteiger partial charge < -0.3 is 15.4 Å². The van der Waals surface area contributed by atoms with Crippen LogP contribution in [0.2, 0.25) is 0 Å². The zero-order chi connectivity index (χ0) is 12.8. The second-order valence-electron chi connectivity index (χ2n) is 5.75. The quantitative estimate of drug-likeness (QED) is 0.777. The summed E-state index contributed by atoms with van der Waals surface area (Å²) < 4.78 is 5.32. The number of carbonyl (C=O) groups excluding carboxylic acids is 1. The zero-order valence-corrected chi connectivity index (χ0v) is 11.4. The van der Waals surface area contributed by atoms with Crippen LogP contribution >= 0.6 is 0 Å². The number of hydrogen-bond acceptors (Lipinski definition) is 3. The number of amides is 1. The van der Waals surface area contributed by atoms with Crippen LogP contribution in [0.1, 0.15) is 39.0 Å². The molecule has 4 heteroatoms. The van der Waals surface area contributed by atoms with Gasteiger partial charge in [0.05, 0.1) is 0 Å². The van der Waals surface area contributed by atoms with Crippen LogP contribution in [0.25, 0.3) is 0 Å². The summed E-state index contributed by atoms with van der Waals surface area (Å²) in [6.07, 6.45) is 5.27. The van der Waals surface area contributed by atoms with Gasteiger partial charge in [-0.05, 0) is 44.1 Å². The van der Waals surface area contributed by atoms with Gasteiger partial charge in [0, 0.05) is 32.2 Å². The number of carbonyl (C=O) groups is 1. The Morgan fingerprint density at radius 3 is 3.06 bits per heavy atom. The first-order chi connectivity index (χ1) is 8.75. The molecule has 0 spiro atoms. The first-order valence-electron chi connectivity index (χ1n) is 7.33. The monoisotopic (exact) mass is 254 g/mol. The maximum atomic E-state index is 11.8. The lowest BCUT2D eigenvalue weighted by molar-refractivity contribution is -0.121. The summed E-state index contributed by atoms with van der Waals surface area (Å²) in [5.74, 6) is 1.46. The number of piperidine rings is 1. The van der Waals surface area contributed by atoms with E-state index in [1.54, 1.807) is 0 Å². The van der Waals surface area contributed by atoms with Crippen LogP contribution in [0.5, 0.6) is 0 Å². The van der Waals surface area contributed by atoms with Gasteiger partial charge in [0.2, 0.25) is 5.91 Å². The second-order valence-corrected chi connectivity index (χ2v) is 5.75. The van der Waals surface area contributed by atoms with E-state index in [-0.39, 0.29) is 5.91 Å². The average Bonchev–Trinajstić information content (AvgIpc) is 2.88. The van der Waals surface area contributed by atoms with Gasteiger partial charge in [0.25, 0.3) is 0 Å². The minimum absolute atomic E-state index is 0.196. The van der Waals surface area contributed by atoms with Gasteiger partial charge in [-0.15, -0.1) is 0 Å². The second kappa shape index (κ2) is 7.10. The third kappa shape index (κ3) is 4.25. The summed E-state index contributed by atoms with van der Waals surface area (Å²) in [5.41, 5.74) is 0. The van der Waals surface area contributed by atoms with Crippen molar-refractivity contribution in [2.75, 3.05) is 26.3 Å². The average molecular weight is 254 g/mol. The van der Waals surface area contributed by atoms with Crippen molar-refractivity contribution in [2.24, 2.45) is 11.8 Å². The van der Waals surface area contributed by atoms with E-state index in [0.717, 1.165) is 39.1 Å². The summed E-state index contributed by atoms with van der Waals surface area (Å²) in [6, 6.07) is 0.456. The first-order valence-corrected chi connectivity index (χ1v) is 7.33. The van der Waals surface area contributed by atoms with E-state index in [9.17, 15) is 4.79 Å². The van der Waals surface area contributed by atoms with E-state index in [1.807, 2.05) is 0 Å². The molecule has 2 N–H and O–H groups in total. The van der Waals surface area contributed by atoms with Gasteiger partial charge in [-0.3, -0.25) is 4.79 Å². The molecule has 0 aromatic rings. The van der Waals surface area contributed by atoms with E-state index in [1.165, 1.54) is 12.8 Å². The Labute approximate surface area is 110 Å². The predicted octanol–water partition coefficient (Wildman–Crippen LogP) is 1.31. The highest BCUT2D eigenvalue weighted by Crippen LogP contribution is 2.18. The van der Waals surface area contributed by atoms with Crippen molar-refractivity contribution >= 4 is 5.91 Å². The predicted molar refractivity (Wildman–Crippen MR) is 71.4 cm³/mol. The third-order valence-corrected chi connectivity index (χ3v) is 4.25. The SMILES string of the molecule is C[C@@H]1CCCN[C@@H]1CNC(=O)CC[C@H]1CCOC1. The van der Waals surface area contributed by atoms with Gasteiger partial charge in [-0.2, -0.15) is 0 Å². The fraction of sp³-hybridized carbons (Fsp3) is 0.929. The Bertz CT molecular complexity index is 265. The topological polar surface area (TPSA) is 50.4 Å². The normalized spacial score (nSPS) is 32.4. The van der Waals surface area contributed by atoms with E-state index in [0.29, 0.717) is 24.3 Å². The molecule has 0 radical (unpaired) electrons. The molecule has 0 bridgehead atoms. The number of hydrogen-bond donors (Lipinski definition) is 2. The molecule has 0 unspecified atom stereocenters. The highest BCUT2D eigenvalue weighted by molar-refractivity contribution is 5.75. The Balaban J connectivity index is 1.58. The Morgan fingerprint density at radius 2 is 2.33 bits per heavy atom. The van der Waals surface area contributed by atoms with Crippen molar-refractivity contribution in [1.29, 1.82) is 0 Å². The fourth-order valence-corrected chi connectivity index (χ4v) is 2.85. The molecule has 0 aromatic carbocycles. The van der Waals surface area contributed by atoms with Crippen molar-refractivity contribution in [3.8, 4) is 0 Å². The molecular weight excluding hydrogens is 228 g/mol. The van der Waals surface area contributed by atoms with Crippen molar-refractivity contribution in [3.63, 3.8) is 0 Å². The van der Waals surface area contributed by atoms with Crippen molar-refractivity contribution in [1.82, 2.24) is 10.6 Å². The smallest absolute Gasteiger partial charge is 0.220 e. The maximum absolute atomic E-state index is 11.8. The van der Waals surface area contributed by atoms with Crippen LogP contribution in [0.4, 0.5) is 0 Å². The summed E-state index contributed by atoms with van der Waals surface area (Å²) in [4.78, 5) is 11.8. The third-order valence-electron chi connectivity index (χ3n) is 4.25. The van der Waals surface area contributed by atoms with Gasteiger partial charge in [-0.25, -0.2) is 0 Å². The zero-order valence-electron chi connectivity index (χ0n) is 11.4. The summed E-state index contributed by atoms with van der Waals surface area (Å²) >= 11 is 0. The van der Waals surface area contributed by atoms with Crippen molar-refractivity contribution in [2.45, 2.75) is 45.1 Å². The van der Waals surface area contributed by atoms with Crippen molar-refractivity contribution < 1.29 is 9.53 Å². The molecule has 2 heterocycles. The minimum atomic E-state index is 0.196. The molecule has 2 aliphatic heterocycles. The van der Waals surface area contributed by atoms with Gasteiger partial charge in [0.1, 0.15) is 0 Å². The molecule has 18 heavy (non-hydrogen) atoms. The van der Waals surface area contributed by atoms with Crippen LogP contribution in [0.3, 0.4) is 0 Å². The van der Waals surface area contributed by atoms with Crippen LogP contribution < -0.4 is 10.6 Å². The molecule has 0 aliphatic carbocycles. The lowest BCUT2D eigenvalue weighted by atomic mass is 9.93. The molecule has 2 rings (SSSR count). The highest BCUT2D eigenvalue weighted by Gasteiger charge is 2.21. The minimum Gasteiger partial charge on any atom is -0.381 e. The Morgan fingerprint density at radius 1 is 1.44 bits per heavy atom. The lowest BCUT2D eigenvalue weighted by Crippen LogP contribution is -2.47. The van der Waals surface area contributed by atoms with Crippen LogP contribution in [0.15, 0.2) is 0 Å². The number of ether oxygens (including phenoxy) is 1. The molecule has 2 fully saturated rings. The largest absolute Gasteiger partial charge is 0.381 e. The summed E-state index contributed by atoms with van der Waals surface area (Å²) in [6.45, 7) is 5.84. The standard InChI is InChI=1S/C14H26N2O2/c1-11-3-2-7-15-13(11)9-16-14(17)5-4-12-6-8-18-10-12/h11-13,15H,2-10H2,1H3,(H,16,17)/t11-,12+,13-/m1/s1. The van der Waals surface area contributed by atoms with Gasteiger partial charge in [0.15, 0.2) is 0 Å². The molecule has 1 amide bonds. The Kier molecular flexibility index (Phi) is 5.45. The fourth-order valence-electron chi connectivity index (χ4n) is 2.85. The van der Waals surface area contributed by atoms with Crippen LogP contribution in [-0.4, -0.2) is 38.3 Å².